The van der Waals surface area contributed by atoms with E-state index in [2.05, 4.69) is 27.4 Å². The van der Waals surface area contributed by atoms with Gasteiger partial charge < -0.3 is 11.1 Å². The molecule has 0 fully saturated rings. The molecule has 0 saturated heterocycles. The van der Waals surface area contributed by atoms with Crippen molar-refractivity contribution in [3.05, 3.63) is 42.5 Å². The number of rotatable bonds is 8. The number of unbranched alkanes of at least 4 members (excludes halogenated alkanes) is 3. The van der Waals surface area contributed by atoms with Gasteiger partial charge in [-0.15, -0.1) is 10.2 Å². The standard InChI is InChI=1S/C16H24N6/c1-2-3-4-8-11-18-16(17)19-12-15-21-20-13-22(15)14-9-6-5-7-10-14/h5-7,9-10,13H,2-4,8,11-12H2,1H3,(H3,17,18,19). The van der Waals surface area contributed by atoms with Crippen molar-refractivity contribution in [2.75, 3.05) is 6.54 Å². The van der Waals surface area contributed by atoms with Crippen molar-refractivity contribution in [1.82, 2.24) is 20.1 Å². The molecule has 0 radical (unpaired) electrons. The molecule has 6 nitrogen and oxygen atoms in total. The number of nitrogens with one attached hydrogen (secondary N) is 1. The Bertz CT molecular complexity index is 575. The lowest BCUT2D eigenvalue weighted by molar-refractivity contribution is 0.652. The van der Waals surface area contributed by atoms with E-state index in [-0.39, 0.29) is 0 Å². The van der Waals surface area contributed by atoms with E-state index in [1.807, 2.05) is 34.9 Å². The molecule has 2 rings (SSSR count). The fourth-order valence-corrected chi connectivity index (χ4v) is 2.15. The lowest BCUT2D eigenvalue weighted by Crippen LogP contribution is -2.32. The Morgan fingerprint density at radius 3 is 2.82 bits per heavy atom. The van der Waals surface area contributed by atoms with Crippen molar-refractivity contribution >= 4 is 5.96 Å². The number of nitrogens with zero attached hydrogens (tertiary/aromatic N) is 4. The number of aromatic nitrogens is 3. The minimum atomic E-state index is 0.405. The van der Waals surface area contributed by atoms with E-state index in [0.29, 0.717) is 12.5 Å². The summed E-state index contributed by atoms with van der Waals surface area (Å²) in [5.74, 6) is 1.22. The van der Waals surface area contributed by atoms with Gasteiger partial charge in [-0.3, -0.25) is 4.57 Å². The second-order valence-electron chi connectivity index (χ2n) is 5.14. The highest BCUT2D eigenvalue weighted by Gasteiger charge is 2.05. The van der Waals surface area contributed by atoms with Gasteiger partial charge in [0.15, 0.2) is 11.8 Å². The Hall–Kier alpha value is -2.37. The predicted octanol–water partition coefficient (Wildman–Crippen LogP) is 2.25. The monoisotopic (exact) mass is 300 g/mol. The first-order chi connectivity index (χ1) is 10.8. The van der Waals surface area contributed by atoms with Crippen LogP contribution >= 0.6 is 0 Å². The van der Waals surface area contributed by atoms with Crippen LogP contribution < -0.4 is 11.1 Å². The van der Waals surface area contributed by atoms with Gasteiger partial charge in [0.25, 0.3) is 0 Å². The number of hydrogen-bond donors (Lipinski definition) is 2. The zero-order valence-electron chi connectivity index (χ0n) is 13.1. The van der Waals surface area contributed by atoms with E-state index in [9.17, 15) is 0 Å². The van der Waals surface area contributed by atoms with Crippen LogP contribution in [-0.2, 0) is 6.54 Å². The molecule has 0 aliphatic carbocycles. The van der Waals surface area contributed by atoms with Crippen LogP contribution in [0.3, 0.4) is 0 Å². The number of guanidine groups is 1. The maximum atomic E-state index is 5.88. The smallest absolute Gasteiger partial charge is 0.189 e. The van der Waals surface area contributed by atoms with Crippen LogP contribution in [0.15, 0.2) is 41.7 Å². The summed E-state index contributed by atoms with van der Waals surface area (Å²) < 4.78 is 1.91. The van der Waals surface area contributed by atoms with Gasteiger partial charge in [0.1, 0.15) is 12.9 Å². The van der Waals surface area contributed by atoms with Crippen molar-refractivity contribution < 1.29 is 0 Å². The summed E-state index contributed by atoms with van der Waals surface area (Å²) in [6.07, 6.45) is 6.52. The highest BCUT2D eigenvalue weighted by molar-refractivity contribution is 5.77. The number of nitrogens with two attached hydrogens (primary N) is 1. The molecule has 0 spiro atoms. The number of benzene rings is 1. The summed E-state index contributed by atoms with van der Waals surface area (Å²) >= 11 is 0. The highest BCUT2D eigenvalue weighted by atomic mass is 15.3. The fourth-order valence-electron chi connectivity index (χ4n) is 2.15. The Labute approximate surface area is 131 Å². The average Bonchev–Trinajstić information content (AvgIpc) is 3.02. The van der Waals surface area contributed by atoms with E-state index in [4.69, 9.17) is 5.73 Å². The van der Waals surface area contributed by atoms with Gasteiger partial charge in [-0.05, 0) is 18.6 Å². The second kappa shape index (κ2) is 8.81. The van der Waals surface area contributed by atoms with Gasteiger partial charge in [-0.25, -0.2) is 4.99 Å². The third kappa shape index (κ3) is 4.87. The van der Waals surface area contributed by atoms with Gasteiger partial charge in [-0.2, -0.15) is 0 Å². The average molecular weight is 300 g/mol. The molecular formula is C16H24N6. The molecule has 6 heteroatoms. The fraction of sp³-hybridized carbons (Fsp3) is 0.438. The van der Waals surface area contributed by atoms with Crippen molar-refractivity contribution in [3.8, 4) is 5.69 Å². The van der Waals surface area contributed by atoms with E-state index >= 15 is 0 Å². The zero-order valence-corrected chi connectivity index (χ0v) is 13.1. The molecule has 22 heavy (non-hydrogen) atoms. The first kappa shape index (κ1) is 16.0. The molecular weight excluding hydrogens is 276 g/mol. The summed E-state index contributed by atoms with van der Waals surface area (Å²) in [7, 11) is 0. The number of hydrogen-bond acceptors (Lipinski definition) is 3. The van der Waals surface area contributed by atoms with Crippen molar-refractivity contribution in [3.63, 3.8) is 0 Å². The first-order valence-electron chi connectivity index (χ1n) is 7.79. The molecule has 1 heterocycles. The first-order valence-corrected chi connectivity index (χ1v) is 7.79. The van der Waals surface area contributed by atoms with Gasteiger partial charge in [0, 0.05) is 12.2 Å². The van der Waals surface area contributed by atoms with Gasteiger partial charge in [-0.1, -0.05) is 44.4 Å². The molecule has 0 amide bonds. The molecule has 2 aromatic rings. The van der Waals surface area contributed by atoms with Gasteiger partial charge in [0.2, 0.25) is 0 Å². The van der Waals surface area contributed by atoms with Crippen molar-refractivity contribution in [1.29, 1.82) is 0 Å². The normalized spacial score (nSPS) is 11.6. The maximum absolute atomic E-state index is 5.88. The lowest BCUT2D eigenvalue weighted by Gasteiger charge is -2.06. The molecule has 0 atom stereocenters. The molecule has 3 N–H and O–H groups in total. The van der Waals surface area contributed by atoms with Gasteiger partial charge >= 0.3 is 0 Å². The SMILES string of the molecule is CCCCCCNC(N)=NCc1nncn1-c1ccccc1. The van der Waals surface area contributed by atoms with E-state index in [1.54, 1.807) is 6.33 Å². The topological polar surface area (TPSA) is 81.1 Å². The Balaban J connectivity index is 1.86. The van der Waals surface area contributed by atoms with Gasteiger partial charge in [0.05, 0.1) is 0 Å². The van der Waals surface area contributed by atoms with Crippen LogP contribution in [0, 0.1) is 0 Å². The van der Waals surface area contributed by atoms with E-state index in [1.165, 1.54) is 19.3 Å². The largest absolute Gasteiger partial charge is 0.370 e. The van der Waals surface area contributed by atoms with Crippen molar-refractivity contribution in [2.24, 2.45) is 10.7 Å². The van der Waals surface area contributed by atoms with E-state index < -0.39 is 0 Å². The molecule has 0 bridgehead atoms. The van der Waals surface area contributed by atoms with E-state index in [0.717, 1.165) is 24.5 Å². The van der Waals surface area contributed by atoms with Crippen LogP contribution in [0.4, 0.5) is 0 Å². The summed E-state index contributed by atoms with van der Waals surface area (Å²) in [5.41, 5.74) is 6.89. The Kier molecular flexibility index (Phi) is 6.41. The molecule has 0 saturated carbocycles. The second-order valence-corrected chi connectivity index (χ2v) is 5.14. The summed E-state index contributed by atoms with van der Waals surface area (Å²) in [6.45, 7) is 3.47. The van der Waals surface area contributed by atoms with Crippen LogP contribution in [0.2, 0.25) is 0 Å². The summed E-state index contributed by atoms with van der Waals surface area (Å²) in [5, 5.41) is 11.2. The molecule has 0 aliphatic heterocycles. The molecule has 0 unspecified atom stereocenters. The van der Waals surface area contributed by atoms with Crippen molar-refractivity contribution in [2.45, 2.75) is 39.2 Å². The van der Waals surface area contributed by atoms with Crippen LogP contribution in [0.5, 0.6) is 0 Å². The third-order valence-electron chi connectivity index (χ3n) is 3.38. The third-order valence-corrected chi connectivity index (χ3v) is 3.38. The quantitative estimate of drug-likeness (QED) is 0.445. The minimum Gasteiger partial charge on any atom is -0.370 e. The lowest BCUT2D eigenvalue weighted by atomic mass is 10.2. The highest BCUT2D eigenvalue weighted by Crippen LogP contribution is 2.09. The zero-order chi connectivity index (χ0) is 15.6. The van der Waals surface area contributed by atoms with Crippen LogP contribution in [-0.4, -0.2) is 27.3 Å². The summed E-state index contributed by atoms with van der Waals surface area (Å²) in [4.78, 5) is 4.33. The van der Waals surface area contributed by atoms with Crippen LogP contribution in [0.1, 0.15) is 38.4 Å². The Morgan fingerprint density at radius 1 is 1.23 bits per heavy atom. The summed E-state index contributed by atoms with van der Waals surface area (Å²) in [6, 6.07) is 9.95. The predicted molar refractivity (Wildman–Crippen MR) is 88.8 cm³/mol. The minimum absolute atomic E-state index is 0.405. The number of aliphatic imine (C=N–C) groups is 1. The molecule has 118 valence electrons. The Morgan fingerprint density at radius 2 is 2.05 bits per heavy atom. The molecule has 1 aromatic heterocycles. The number of para-hydroxylation sites is 1. The maximum Gasteiger partial charge on any atom is 0.189 e. The molecule has 1 aromatic carbocycles. The molecule has 0 aliphatic rings. The van der Waals surface area contributed by atoms with Crippen LogP contribution in [0.25, 0.3) is 5.69 Å².